The zero-order valence-corrected chi connectivity index (χ0v) is 22.0. The van der Waals surface area contributed by atoms with E-state index in [0.717, 1.165) is 0 Å². The molecule has 0 atom stereocenters. The Balaban J connectivity index is 1.95. The fourth-order valence-corrected chi connectivity index (χ4v) is 4.34. The van der Waals surface area contributed by atoms with Crippen molar-refractivity contribution >= 4 is 23.3 Å². The number of hydrogen-bond donors (Lipinski definition) is 1. The number of methoxy groups -OCH3 is 2. The maximum atomic E-state index is 13.1. The molecular formula is C25H27F3N4O5S. The van der Waals surface area contributed by atoms with E-state index in [1.54, 1.807) is 42.2 Å². The quantitative estimate of drug-likeness (QED) is 0.394. The molecule has 0 aliphatic carbocycles. The van der Waals surface area contributed by atoms with Crippen molar-refractivity contribution < 1.29 is 37.0 Å². The molecule has 1 heterocycles. The maximum absolute atomic E-state index is 13.1. The fourth-order valence-electron chi connectivity index (χ4n) is 3.41. The van der Waals surface area contributed by atoms with Crippen LogP contribution >= 0.6 is 11.3 Å². The minimum Gasteiger partial charge on any atom is -0.497 e. The van der Waals surface area contributed by atoms with Gasteiger partial charge in [0.15, 0.2) is 4.80 Å². The SMILES string of the molecule is COc1ccc(C(=O)N=c2scc(-c3ccc(OC(F)(F)F)cc3)n2CCCNC(=O)N(C)C)c(OC)c1. The molecule has 1 aromatic heterocycles. The molecule has 0 radical (unpaired) electrons. The summed E-state index contributed by atoms with van der Waals surface area (Å²) in [6.07, 6.45) is -4.29. The maximum Gasteiger partial charge on any atom is 0.573 e. The van der Waals surface area contributed by atoms with Crippen molar-refractivity contribution in [3.8, 4) is 28.5 Å². The third-order valence-corrected chi connectivity index (χ3v) is 6.12. The number of aromatic nitrogens is 1. The summed E-state index contributed by atoms with van der Waals surface area (Å²) in [7, 11) is 6.19. The first-order chi connectivity index (χ1) is 18.0. The Morgan fingerprint density at radius 1 is 1.05 bits per heavy atom. The van der Waals surface area contributed by atoms with Crippen LogP contribution in [0.2, 0.25) is 0 Å². The van der Waals surface area contributed by atoms with Crippen LogP contribution in [0.1, 0.15) is 16.8 Å². The lowest BCUT2D eigenvalue weighted by atomic mass is 10.1. The number of urea groups is 1. The molecular weight excluding hydrogens is 525 g/mol. The van der Waals surface area contributed by atoms with E-state index in [4.69, 9.17) is 9.47 Å². The highest BCUT2D eigenvalue weighted by Crippen LogP contribution is 2.28. The summed E-state index contributed by atoms with van der Waals surface area (Å²) in [5.74, 6) is -0.0692. The van der Waals surface area contributed by atoms with Gasteiger partial charge in [0.25, 0.3) is 5.91 Å². The lowest BCUT2D eigenvalue weighted by Gasteiger charge is -2.13. The predicted octanol–water partition coefficient (Wildman–Crippen LogP) is 4.53. The van der Waals surface area contributed by atoms with Gasteiger partial charge in [0.05, 0.1) is 25.5 Å². The number of nitrogens with one attached hydrogen (secondary N) is 1. The molecule has 38 heavy (non-hydrogen) atoms. The summed E-state index contributed by atoms with van der Waals surface area (Å²) in [6.45, 7) is 0.733. The minimum absolute atomic E-state index is 0.238. The lowest BCUT2D eigenvalue weighted by Crippen LogP contribution is -2.35. The van der Waals surface area contributed by atoms with Crippen LogP contribution < -0.4 is 24.3 Å². The molecule has 3 rings (SSSR count). The number of nitrogens with zero attached hydrogens (tertiary/aromatic N) is 3. The largest absolute Gasteiger partial charge is 0.573 e. The van der Waals surface area contributed by atoms with Crippen molar-refractivity contribution in [3.63, 3.8) is 0 Å². The third kappa shape index (κ3) is 7.51. The number of hydrogen-bond acceptors (Lipinski definition) is 6. The van der Waals surface area contributed by atoms with E-state index in [9.17, 15) is 22.8 Å². The molecule has 0 saturated heterocycles. The monoisotopic (exact) mass is 552 g/mol. The summed E-state index contributed by atoms with van der Waals surface area (Å²) < 4.78 is 53.9. The van der Waals surface area contributed by atoms with E-state index in [2.05, 4.69) is 15.0 Å². The second kappa shape index (κ2) is 12.5. The molecule has 204 valence electrons. The first kappa shape index (κ1) is 28.6. The van der Waals surface area contributed by atoms with E-state index >= 15 is 0 Å². The third-order valence-electron chi connectivity index (χ3n) is 5.26. The van der Waals surface area contributed by atoms with Gasteiger partial charge < -0.3 is 29.0 Å². The summed E-state index contributed by atoms with van der Waals surface area (Å²) in [4.78, 5) is 31.0. The molecule has 0 aliphatic rings. The summed E-state index contributed by atoms with van der Waals surface area (Å²) >= 11 is 1.20. The van der Waals surface area contributed by atoms with Crippen LogP contribution in [0.3, 0.4) is 0 Å². The average Bonchev–Trinajstić information content (AvgIpc) is 3.27. The zero-order valence-electron chi connectivity index (χ0n) is 21.2. The Labute approximate surface area is 221 Å². The number of ether oxygens (including phenoxy) is 3. The smallest absolute Gasteiger partial charge is 0.497 e. The van der Waals surface area contributed by atoms with Gasteiger partial charge in [-0.05, 0) is 48.4 Å². The number of rotatable bonds is 9. The predicted molar refractivity (Wildman–Crippen MR) is 136 cm³/mol. The molecule has 3 amide bonds. The molecule has 0 fully saturated rings. The summed E-state index contributed by atoms with van der Waals surface area (Å²) in [6, 6.07) is 9.92. The second-order valence-corrected chi connectivity index (χ2v) is 8.93. The van der Waals surface area contributed by atoms with Gasteiger partial charge in [0.2, 0.25) is 0 Å². The van der Waals surface area contributed by atoms with Gasteiger partial charge in [-0.2, -0.15) is 4.99 Å². The average molecular weight is 553 g/mol. The van der Waals surface area contributed by atoms with Gasteiger partial charge in [-0.15, -0.1) is 24.5 Å². The van der Waals surface area contributed by atoms with Crippen molar-refractivity contribution in [2.24, 2.45) is 4.99 Å². The van der Waals surface area contributed by atoms with Crippen molar-refractivity contribution in [1.29, 1.82) is 0 Å². The van der Waals surface area contributed by atoms with Crippen molar-refractivity contribution in [1.82, 2.24) is 14.8 Å². The molecule has 9 nitrogen and oxygen atoms in total. The molecule has 2 aromatic carbocycles. The number of thiazole rings is 1. The highest BCUT2D eigenvalue weighted by molar-refractivity contribution is 7.07. The van der Waals surface area contributed by atoms with Gasteiger partial charge >= 0.3 is 12.4 Å². The van der Waals surface area contributed by atoms with Crippen LogP contribution in [-0.4, -0.2) is 62.6 Å². The normalized spacial score (nSPS) is 11.7. The van der Waals surface area contributed by atoms with Gasteiger partial charge in [0.1, 0.15) is 17.2 Å². The van der Waals surface area contributed by atoms with E-state index < -0.39 is 12.3 Å². The van der Waals surface area contributed by atoms with Gasteiger partial charge in [0, 0.05) is 38.6 Å². The van der Waals surface area contributed by atoms with Gasteiger partial charge in [-0.1, -0.05) is 0 Å². The van der Waals surface area contributed by atoms with E-state index in [1.165, 1.54) is 54.7 Å². The van der Waals surface area contributed by atoms with Crippen LogP contribution in [0.25, 0.3) is 11.3 Å². The molecule has 3 aromatic rings. The highest BCUT2D eigenvalue weighted by atomic mass is 32.1. The molecule has 0 spiro atoms. The minimum atomic E-state index is -4.80. The number of benzene rings is 2. The Morgan fingerprint density at radius 3 is 2.34 bits per heavy atom. The van der Waals surface area contributed by atoms with Crippen LogP contribution in [0.4, 0.5) is 18.0 Å². The van der Waals surface area contributed by atoms with Gasteiger partial charge in [-0.3, -0.25) is 4.79 Å². The Bertz CT molecular complexity index is 1330. The highest BCUT2D eigenvalue weighted by Gasteiger charge is 2.31. The fraction of sp³-hybridized carbons (Fsp3) is 0.320. The number of carbonyl (C=O) groups excluding carboxylic acids is 2. The molecule has 0 aliphatic heterocycles. The molecule has 0 bridgehead atoms. The van der Waals surface area contributed by atoms with Crippen molar-refractivity contribution in [2.45, 2.75) is 19.3 Å². The topological polar surface area (TPSA) is 94.4 Å². The van der Waals surface area contributed by atoms with Crippen LogP contribution in [0.15, 0.2) is 52.8 Å². The van der Waals surface area contributed by atoms with Crippen LogP contribution in [-0.2, 0) is 6.54 Å². The molecule has 13 heteroatoms. The zero-order chi connectivity index (χ0) is 27.9. The van der Waals surface area contributed by atoms with Gasteiger partial charge in [-0.25, -0.2) is 4.79 Å². The number of alkyl halides is 3. The first-order valence-corrected chi connectivity index (χ1v) is 12.2. The number of amides is 3. The van der Waals surface area contributed by atoms with Crippen LogP contribution in [0, 0.1) is 0 Å². The second-order valence-electron chi connectivity index (χ2n) is 8.09. The van der Waals surface area contributed by atoms with Crippen LogP contribution in [0.5, 0.6) is 17.2 Å². The van der Waals surface area contributed by atoms with E-state index in [-0.39, 0.29) is 17.3 Å². The van der Waals surface area contributed by atoms with Crippen molar-refractivity contribution in [2.75, 3.05) is 34.9 Å². The summed E-state index contributed by atoms with van der Waals surface area (Å²) in [5.41, 5.74) is 1.48. The number of carbonyl (C=O) groups is 2. The van der Waals surface area contributed by atoms with E-state index in [1.807, 2.05) is 0 Å². The van der Waals surface area contributed by atoms with E-state index in [0.29, 0.717) is 47.1 Å². The Kier molecular flexibility index (Phi) is 9.40. The molecule has 1 N–H and O–H groups in total. The van der Waals surface area contributed by atoms with Crippen molar-refractivity contribution in [3.05, 3.63) is 58.2 Å². The standard InChI is InChI=1S/C25H27F3N4O5S/c1-31(2)23(34)29-12-5-13-32-20(16-6-8-17(9-7-16)37-25(26,27)28)15-38-24(32)30-22(33)19-11-10-18(35-3)14-21(19)36-4/h6-11,14-15H,5,12-13H2,1-4H3,(H,29,34). The number of halogens is 3. The molecule has 0 unspecified atom stereocenters. The first-order valence-electron chi connectivity index (χ1n) is 11.3. The lowest BCUT2D eigenvalue weighted by molar-refractivity contribution is -0.274. The molecule has 0 saturated carbocycles. The summed E-state index contributed by atoms with van der Waals surface area (Å²) in [5, 5.41) is 4.53. The Morgan fingerprint density at radius 2 is 1.74 bits per heavy atom. The Hall–Kier alpha value is -4.00.